The molecular formula is C22H20N4. The summed E-state index contributed by atoms with van der Waals surface area (Å²) in [6, 6.07) is 12.1. The van der Waals surface area contributed by atoms with Crippen LogP contribution in [0.2, 0.25) is 0 Å². The molecule has 0 saturated carbocycles. The number of allylic oxidation sites excluding steroid dienone is 8. The maximum atomic E-state index is 8.70. The van der Waals surface area contributed by atoms with Crippen LogP contribution < -0.4 is 0 Å². The Morgan fingerprint density at radius 2 is 2.12 bits per heavy atom. The number of nitrogens with zero attached hydrogens (tertiary/aromatic N) is 4. The van der Waals surface area contributed by atoms with E-state index in [1.54, 1.807) is 6.33 Å². The van der Waals surface area contributed by atoms with Crippen molar-refractivity contribution in [3.05, 3.63) is 90.1 Å². The average molecular weight is 340 g/mol. The Morgan fingerprint density at radius 3 is 2.88 bits per heavy atom. The van der Waals surface area contributed by atoms with Crippen molar-refractivity contribution < 1.29 is 0 Å². The number of benzene rings is 1. The molecule has 0 aliphatic heterocycles. The molecule has 0 radical (unpaired) electrons. The third-order valence-corrected chi connectivity index (χ3v) is 4.17. The van der Waals surface area contributed by atoms with Gasteiger partial charge in [0.05, 0.1) is 12.5 Å². The number of aromatic nitrogens is 3. The lowest BCUT2D eigenvalue weighted by Gasteiger charge is -2.16. The summed E-state index contributed by atoms with van der Waals surface area (Å²) in [7, 11) is 0. The summed E-state index contributed by atoms with van der Waals surface area (Å²) in [5, 5.41) is 8.70. The van der Waals surface area contributed by atoms with Gasteiger partial charge in [0.1, 0.15) is 12.2 Å². The molecule has 4 heteroatoms. The van der Waals surface area contributed by atoms with Gasteiger partial charge in [0.15, 0.2) is 5.82 Å². The van der Waals surface area contributed by atoms with Gasteiger partial charge in [0, 0.05) is 11.5 Å². The fraction of sp³-hybridized carbons (Fsp3) is 0.182. The second-order valence-corrected chi connectivity index (χ2v) is 5.91. The second-order valence-electron chi connectivity index (χ2n) is 5.91. The van der Waals surface area contributed by atoms with Crippen LogP contribution in [0.15, 0.2) is 84.3 Å². The van der Waals surface area contributed by atoms with E-state index in [-0.39, 0.29) is 5.92 Å². The predicted molar refractivity (Wildman–Crippen MR) is 103 cm³/mol. The first kappa shape index (κ1) is 17.5. The molecule has 1 atom stereocenters. The molecule has 2 aromatic rings. The lowest BCUT2D eigenvalue weighted by Crippen LogP contribution is -2.07. The van der Waals surface area contributed by atoms with Crippen molar-refractivity contribution in [2.75, 3.05) is 0 Å². The summed E-state index contributed by atoms with van der Waals surface area (Å²) < 4.78 is 0. The molecule has 1 unspecified atom stereocenters. The van der Waals surface area contributed by atoms with Crippen LogP contribution in [0.1, 0.15) is 31.5 Å². The van der Waals surface area contributed by atoms with Crippen molar-refractivity contribution in [1.29, 1.82) is 5.26 Å². The van der Waals surface area contributed by atoms with Gasteiger partial charge in [0.2, 0.25) is 0 Å². The molecule has 3 rings (SSSR count). The molecule has 0 spiro atoms. The first-order chi connectivity index (χ1) is 12.8. The zero-order chi connectivity index (χ0) is 18.2. The SMILES string of the molecule is C/C=C(\C=C/CC#N)C1=CC(c2ncnc(-c3ccccc3)n2)CC=C1. The molecule has 4 nitrogen and oxygen atoms in total. The van der Waals surface area contributed by atoms with Crippen molar-refractivity contribution in [2.24, 2.45) is 0 Å². The standard InChI is InChI=1S/C22H20N4/c1-2-17(9-6-7-14-23)19-12-8-13-20(15-19)22-25-16-24-21(26-22)18-10-4-3-5-11-18/h2-6,8-12,15-16,20H,7,13H2,1H3/b9-6-,17-2+. The normalized spacial score (nSPS) is 17.2. The van der Waals surface area contributed by atoms with E-state index in [2.05, 4.69) is 45.3 Å². The zero-order valence-electron chi connectivity index (χ0n) is 14.7. The molecule has 0 fully saturated rings. The Labute approximate surface area is 154 Å². The van der Waals surface area contributed by atoms with Crippen LogP contribution >= 0.6 is 0 Å². The molecule has 0 saturated heterocycles. The summed E-state index contributed by atoms with van der Waals surface area (Å²) in [6.07, 6.45) is 15.2. The third kappa shape index (κ3) is 4.20. The van der Waals surface area contributed by atoms with Crippen molar-refractivity contribution in [1.82, 2.24) is 15.0 Å². The van der Waals surface area contributed by atoms with Crippen LogP contribution in [0.25, 0.3) is 11.4 Å². The summed E-state index contributed by atoms with van der Waals surface area (Å²) >= 11 is 0. The van der Waals surface area contributed by atoms with Gasteiger partial charge in [-0.1, -0.05) is 66.8 Å². The first-order valence-corrected chi connectivity index (χ1v) is 8.64. The quantitative estimate of drug-likeness (QED) is 0.724. The highest BCUT2D eigenvalue weighted by atomic mass is 15.0. The van der Waals surface area contributed by atoms with Crippen molar-refractivity contribution >= 4 is 0 Å². The van der Waals surface area contributed by atoms with Gasteiger partial charge in [-0.15, -0.1) is 0 Å². The lowest BCUT2D eigenvalue weighted by molar-refractivity contribution is 0.756. The van der Waals surface area contributed by atoms with Crippen molar-refractivity contribution in [3.8, 4) is 17.5 Å². The number of rotatable bonds is 5. The van der Waals surface area contributed by atoms with Gasteiger partial charge in [0.25, 0.3) is 0 Å². The first-order valence-electron chi connectivity index (χ1n) is 8.64. The summed E-state index contributed by atoms with van der Waals surface area (Å²) in [4.78, 5) is 13.4. The molecule has 1 heterocycles. The van der Waals surface area contributed by atoms with E-state index in [4.69, 9.17) is 5.26 Å². The van der Waals surface area contributed by atoms with E-state index in [1.165, 1.54) is 0 Å². The monoisotopic (exact) mass is 340 g/mol. The highest BCUT2D eigenvalue weighted by molar-refractivity contribution is 5.54. The van der Waals surface area contributed by atoms with E-state index >= 15 is 0 Å². The molecule has 1 aromatic carbocycles. The predicted octanol–water partition coefficient (Wildman–Crippen LogP) is 4.92. The van der Waals surface area contributed by atoms with Gasteiger partial charge < -0.3 is 0 Å². The lowest BCUT2D eigenvalue weighted by atomic mass is 9.91. The van der Waals surface area contributed by atoms with E-state index in [1.807, 2.05) is 49.4 Å². The maximum absolute atomic E-state index is 8.70. The fourth-order valence-corrected chi connectivity index (χ4v) is 2.87. The molecule has 26 heavy (non-hydrogen) atoms. The smallest absolute Gasteiger partial charge is 0.163 e. The molecule has 1 aliphatic rings. The van der Waals surface area contributed by atoms with E-state index < -0.39 is 0 Å². The molecule has 128 valence electrons. The third-order valence-electron chi connectivity index (χ3n) is 4.17. The van der Waals surface area contributed by atoms with Crippen LogP contribution in [0.3, 0.4) is 0 Å². The minimum atomic E-state index is 0.111. The van der Waals surface area contributed by atoms with Crippen LogP contribution in [-0.4, -0.2) is 15.0 Å². The van der Waals surface area contributed by atoms with Gasteiger partial charge >= 0.3 is 0 Å². The fourth-order valence-electron chi connectivity index (χ4n) is 2.87. The Bertz CT molecular complexity index is 915. The van der Waals surface area contributed by atoms with Crippen molar-refractivity contribution in [3.63, 3.8) is 0 Å². The zero-order valence-corrected chi connectivity index (χ0v) is 14.7. The number of hydrogen-bond acceptors (Lipinski definition) is 4. The summed E-state index contributed by atoms with van der Waals surface area (Å²) in [6.45, 7) is 2.00. The number of nitriles is 1. The second kappa shape index (κ2) is 8.68. The topological polar surface area (TPSA) is 62.5 Å². The van der Waals surface area contributed by atoms with Crippen molar-refractivity contribution in [2.45, 2.75) is 25.7 Å². The highest BCUT2D eigenvalue weighted by Crippen LogP contribution is 2.29. The van der Waals surface area contributed by atoms with Gasteiger partial charge in [-0.2, -0.15) is 5.26 Å². The Kier molecular flexibility index (Phi) is 5.84. The molecule has 0 amide bonds. The van der Waals surface area contributed by atoms with E-state index in [0.717, 1.165) is 29.0 Å². The van der Waals surface area contributed by atoms with Crippen LogP contribution in [0.4, 0.5) is 0 Å². The number of hydrogen-bond donors (Lipinski definition) is 0. The van der Waals surface area contributed by atoms with Crippen LogP contribution in [-0.2, 0) is 0 Å². The summed E-state index contributed by atoms with van der Waals surface area (Å²) in [5.41, 5.74) is 3.21. The molecule has 0 N–H and O–H groups in total. The van der Waals surface area contributed by atoms with E-state index in [9.17, 15) is 0 Å². The Balaban J connectivity index is 1.87. The summed E-state index contributed by atoms with van der Waals surface area (Å²) in [5.74, 6) is 1.58. The van der Waals surface area contributed by atoms with Gasteiger partial charge in [-0.05, 0) is 24.5 Å². The molecular weight excluding hydrogens is 320 g/mol. The molecule has 0 bridgehead atoms. The Morgan fingerprint density at radius 1 is 1.27 bits per heavy atom. The Hall–Kier alpha value is -3.32. The minimum absolute atomic E-state index is 0.111. The van der Waals surface area contributed by atoms with Crippen LogP contribution in [0, 0.1) is 11.3 Å². The van der Waals surface area contributed by atoms with Gasteiger partial charge in [-0.3, -0.25) is 0 Å². The average Bonchev–Trinajstić information content (AvgIpc) is 2.72. The largest absolute Gasteiger partial charge is 0.221 e. The van der Waals surface area contributed by atoms with E-state index in [0.29, 0.717) is 12.2 Å². The highest BCUT2D eigenvalue weighted by Gasteiger charge is 2.16. The minimum Gasteiger partial charge on any atom is -0.221 e. The maximum Gasteiger partial charge on any atom is 0.163 e. The van der Waals surface area contributed by atoms with Gasteiger partial charge in [-0.25, -0.2) is 15.0 Å². The van der Waals surface area contributed by atoms with Crippen LogP contribution in [0.5, 0.6) is 0 Å². The molecule has 1 aromatic heterocycles. The molecule has 1 aliphatic carbocycles.